The van der Waals surface area contributed by atoms with Gasteiger partial charge >= 0.3 is 0 Å². The summed E-state index contributed by atoms with van der Waals surface area (Å²) in [5.74, 6) is 0.939. The number of rotatable bonds is 5. The third-order valence-electron chi connectivity index (χ3n) is 4.62. The van der Waals surface area contributed by atoms with Gasteiger partial charge in [0.15, 0.2) is 0 Å². The summed E-state index contributed by atoms with van der Waals surface area (Å²) in [4.78, 5) is 2.52. The molecule has 0 N–H and O–H groups in total. The minimum Gasteiger partial charge on any atom is -0.497 e. The van der Waals surface area contributed by atoms with E-state index in [1.54, 1.807) is 7.11 Å². The lowest BCUT2D eigenvalue weighted by Crippen LogP contribution is -2.28. The first-order valence-corrected chi connectivity index (χ1v) is 8.66. The molecular formula is C19H22Cl3NO. The molecule has 1 aliphatic heterocycles. The molecule has 0 aliphatic carbocycles. The first-order chi connectivity index (χ1) is 11.1. The highest BCUT2D eigenvalue weighted by molar-refractivity contribution is 6.42. The number of hydrogen-bond donors (Lipinski definition) is 0. The lowest BCUT2D eigenvalue weighted by molar-refractivity contribution is 0.203. The Morgan fingerprint density at radius 3 is 2.50 bits per heavy atom. The molecule has 0 amide bonds. The second kappa shape index (κ2) is 8.44. The maximum atomic E-state index is 6.09. The summed E-state index contributed by atoms with van der Waals surface area (Å²) in [6.07, 6.45) is 2.11. The summed E-state index contributed by atoms with van der Waals surface area (Å²) < 4.78 is 5.32. The molecule has 0 saturated heterocycles. The van der Waals surface area contributed by atoms with Gasteiger partial charge < -0.3 is 4.74 Å². The second-order valence-corrected chi connectivity index (χ2v) is 6.99. The molecular weight excluding hydrogens is 365 g/mol. The van der Waals surface area contributed by atoms with Gasteiger partial charge in [-0.25, -0.2) is 0 Å². The number of nitrogens with zero attached hydrogens (tertiary/aromatic N) is 1. The molecule has 2 aromatic rings. The highest BCUT2D eigenvalue weighted by atomic mass is 35.5. The van der Waals surface area contributed by atoms with E-state index in [0.717, 1.165) is 31.7 Å². The molecule has 2 aromatic carbocycles. The van der Waals surface area contributed by atoms with Gasteiger partial charge in [-0.1, -0.05) is 35.3 Å². The van der Waals surface area contributed by atoms with E-state index in [9.17, 15) is 0 Å². The smallest absolute Gasteiger partial charge is 0.119 e. The first kappa shape index (κ1) is 19.4. The van der Waals surface area contributed by atoms with Crippen molar-refractivity contribution in [1.29, 1.82) is 0 Å². The van der Waals surface area contributed by atoms with Crippen molar-refractivity contribution in [2.45, 2.75) is 38.9 Å². The van der Waals surface area contributed by atoms with Crippen LogP contribution < -0.4 is 4.74 Å². The third-order valence-corrected chi connectivity index (χ3v) is 5.36. The van der Waals surface area contributed by atoms with Crippen molar-refractivity contribution in [2.24, 2.45) is 0 Å². The van der Waals surface area contributed by atoms with Gasteiger partial charge in [0.25, 0.3) is 0 Å². The number of benzene rings is 2. The van der Waals surface area contributed by atoms with Crippen molar-refractivity contribution in [3.05, 3.63) is 63.1 Å². The molecule has 0 aromatic heterocycles. The Balaban J connectivity index is 0.00000208. The molecule has 0 radical (unpaired) electrons. The Bertz CT molecular complexity index is 705. The summed E-state index contributed by atoms with van der Waals surface area (Å²) in [6, 6.07) is 12.8. The maximum Gasteiger partial charge on any atom is 0.119 e. The van der Waals surface area contributed by atoms with Gasteiger partial charge in [0, 0.05) is 19.1 Å². The molecule has 0 spiro atoms. The zero-order valence-electron chi connectivity index (χ0n) is 13.9. The van der Waals surface area contributed by atoms with Gasteiger partial charge in [0.2, 0.25) is 0 Å². The van der Waals surface area contributed by atoms with E-state index in [1.807, 2.05) is 18.2 Å². The topological polar surface area (TPSA) is 12.5 Å². The zero-order valence-corrected chi connectivity index (χ0v) is 16.2. The van der Waals surface area contributed by atoms with Crippen LogP contribution in [0.2, 0.25) is 10.0 Å². The number of methoxy groups -OCH3 is 1. The van der Waals surface area contributed by atoms with Gasteiger partial charge in [0.1, 0.15) is 5.75 Å². The summed E-state index contributed by atoms with van der Waals surface area (Å²) in [5, 5.41) is 1.25. The van der Waals surface area contributed by atoms with Crippen LogP contribution in [0.1, 0.15) is 30.0 Å². The summed E-state index contributed by atoms with van der Waals surface area (Å²) >= 11 is 12.1. The van der Waals surface area contributed by atoms with Crippen molar-refractivity contribution in [2.75, 3.05) is 7.11 Å². The molecule has 0 bridgehead atoms. The monoisotopic (exact) mass is 385 g/mol. The minimum absolute atomic E-state index is 0. The van der Waals surface area contributed by atoms with E-state index in [0.29, 0.717) is 16.1 Å². The molecule has 0 unspecified atom stereocenters. The van der Waals surface area contributed by atoms with Gasteiger partial charge in [-0.15, -0.1) is 12.4 Å². The number of halogens is 3. The first-order valence-electron chi connectivity index (χ1n) is 7.90. The van der Waals surface area contributed by atoms with Crippen LogP contribution in [0.3, 0.4) is 0 Å². The minimum atomic E-state index is 0. The molecule has 0 fully saturated rings. The van der Waals surface area contributed by atoms with Crippen LogP contribution in [0, 0.1) is 0 Å². The lowest BCUT2D eigenvalue weighted by Gasteiger charge is -2.23. The average molecular weight is 387 g/mol. The van der Waals surface area contributed by atoms with Crippen molar-refractivity contribution in [3.8, 4) is 5.75 Å². The van der Waals surface area contributed by atoms with Crippen molar-refractivity contribution in [3.63, 3.8) is 0 Å². The normalized spacial score (nSPS) is 14.8. The van der Waals surface area contributed by atoms with Gasteiger partial charge in [-0.05, 0) is 60.7 Å². The Morgan fingerprint density at radius 1 is 1.04 bits per heavy atom. The SMILES string of the molecule is COc1ccc2c(c1)CN([C@H](C)CCc1ccc(Cl)c(Cl)c1)C2.Cl. The Morgan fingerprint density at radius 2 is 1.79 bits per heavy atom. The van der Waals surface area contributed by atoms with E-state index in [2.05, 4.69) is 30.0 Å². The van der Waals surface area contributed by atoms with Crippen molar-refractivity contribution >= 4 is 35.6 Å². The fourth-order valence-corrected chi connectivity index (χ4v) is 3.41. The van der Waals surface area contributed by atoms with E-state index in [-0.39, 0.29) is 12.4 Å². The summed E-state index contributed by atoms with van der Waals surface area (Å²) in [7, 11) is 1.72. The van der Waals surface area contributed by atoms with Crippen LogP contribution in [-0.2, 0) is 19.5 Å². The van der Waals surface area contributed by atoms with E-state index in [1.165, 1.54) is 16.7 Å². The van der Waals surface area contributed by atoms with Gasteiger partial charge in [-0.3, -0.25) is 4.90 Å². The van der Waals surface area contributed by atoms with Crippen LogP contribution in [0.4, 0.5) is 0 Å². The van der Waals surface area contributed by atoms with Gasteiger partial charge in [0.05, 0.1) is 17.2 Å². The second-order valence-electron chi connectivity index (χ2n) is 6.18. The summed E-state index contributed by atoms with van der Waals surface area (Å²) in [5.41, 5.74) is 4.03. The number of fused-ring (bicyclic) bond motifs is 1. The fraction of sp³-hybridized carbons (Fsp3) is 0.368. The molecule has 130 valence electrons. The molecule has 1 atom stereocenters. The van der Waals surface area contributed by atoms with Gasteiger partial charge in [-0.2, -0.15) is 0 Å². The van der Waals surface area contributed by atoms with E-state index in [4.69, 9.17) is 27.9 Å². The van der Waals surface area contributed by atoms with E-state index >= 15 is 0 Å². The Hall–Kier alpha value is -0.930. The van der Waals surface area contributed by atoms with Crippen molar-refractivity contribution in [1.82, 2.24) is 4.90 Å². The number of hydrogen-bond acceptors (Lipinski definition) is 2. The molecule has 1 aliphatic rings. The molecule has 5 heteroatoms. The standard InChI is InChI=1S/C19H21Cl2NO.ClH/c1-13(3-4-14-5-8-18(20)19(21)9-14)22-11-15-6-7-17(23-2)10-16(15)12-22;/h5-10,13H,3-4,11-12H2,1-2H3;1H/t13-;/m1./s1. The highest BCUT2D eigenvalue weighted by Gasteiger charge is 2.23. The molecule has 2 nitrogen and oxygen atoms in total. The maximum absolute atomic E-state index is 6.09. The van der Waals surface area contributed by atoms with Crippen LogP contribution >= 0.6 is 35.6 Å². The number of ether oxygens (including phenoxy) is 1. The molecule has 0 saturated carbocycles. The fourth-order valence-electron chi connectivity index (χ4n) is 3.09. The summed E-state index contributed by atoms with van der Waals surface area (Å²) in [6.45, 7) is 4.30. The molecule has 24 heavy (non-hydrogen) atoms. The average Bonchev–Trinajstić information content (AvgIpc) is 2.98. The Labute approximate surface area is 160 Å². The third kappa shape index (κ3) is 4.37. The van der Waals surface area contributed by atoms with E-state index < -0.39 is 0 Å². The Kier molecular flexibility index (Phi) is 6.82. The quantitative estimate of drug-likeness (QED) is 0.647. The van der Waals surface area contributed by atoms with Crippen LogP contribution in [-0.4, -0.2) is 18.1 Å². The number of aryl methyl sites for hydroxylation is 1. The van der Waals surface area contributed by atoms with Crippen LogP contribution in [0.25, 0.3) is 0 Å². The lowest BCUT2D eigenvalue weighted by atomic mass is 10.1. The van der Waals surface area contributed by atoms with Crippen LogP contribution in [0.15, 0.2) is 36.4 Å². The predicted molar refractivity (Wildman–Crippen MR) is 104 cm³/mol. The van der Waals surface area contributed by atoms with Crippen molar-refractivity contribution < 1.29 is 4.74 Å². The zero-order chi connectivity index (χ0) is 16.4. The van der Waals surface area contributed by atoms with Crippen LogP contribution in [0.5, 0.6) is 5.75 Å². The predicted octanol–water partition coefficient (Wildman–Crippen LogP) is 5.76. The molecule has 3 rings (SSSR count). The molecule has 1 heterocycles. The highest BCUT2D eigenvalue weighted by Crippen LogP contribution is 2.29. The largest absolute Gasteiger partial charge is 0.497 e.